The van der Waals surface area contributed by atoms with Crippen LogP contribution in [0.3, 0.4) is 0 Å². The van der Waals surface area contributed by atoms with Gasteiger partial charge >= 0.3 is 0 Å². The molecule has 2 aliphatic heterocycles. The molecule has 6 nitrogen and oxygen atoms in total. The van der Waals surface area contributed by atoms with E-state index in [0.717, 1.165) is 66.7 Å². The predicted octanol–water partition coefficient (Wildman–Crippen LogP) is 3.15. The molecule has 132 valence electrons. The van der Waals surface area contributed by atoms with E-state index in [1.165, 1.54) is 18.4 Å². The van der Waals surface area contributed by atoms with Crippen molar-refractivity contribution in [3.63, 3.8) is 0 Å². The van der Waals surface area contributed by atoms with Gasteiger partial charge in [-0.2, -0.15) is 0 Å². The highest BCUT2D eigenvalue weighted by Crippen LogP contribution is 2.21. The second-order valence-electron chi connectivity index (χ2n) is 6.99. The summed E-state index contributed by atoms with van der Waals surface area (Å²) < 4.78 is 5.86. The first kappa shape index (κ1) is 15.6. The van der Waals surface area contributed by atoms with Crippen LogP contribution < -0.4 is 0 Å². The first-order valence-corrected chi connectivity index (χ1v) is 9.30. The maximum Gasteiger partial charge on any atom is 0.209 e. The predicted molar refractivity (Wildman–Crippen MR) is 99.1 cm³/mol. The molecule has 0 N–H and O–H groups in total. The summed E-state index contributed by atoms with van der Waals surface area (Å²) in [6, 6.07) is 7.90. The fourth-order valence-corrected chi connectivity index (χ4v) is 3.71. The Balaban J connectivity index is 1.32. The second kappa shape index (κ2) is 6.61. The van der Waals surface area contributed by atoms with E-state index < -0.39 is 0 Å². The molecule has 0 spiro atoms. The standard InChI is InChI=1S/C20H21N5O/c1-2-7-18-16(5-1)23-19(26-18)13-25-10-8-15-14(12-25)11-22-20(24-15)17-6-3-4-9-21-17/h1-2,5,7,11H,3-4,6,8-10,12-13H2. The molecule has 0 saturated carbocycles. The number of fused-ring (bicyclic) bond motifs is 2. The van der Waals surface area contributed by atoms with Gasteiger partial charge in [-0.05, 0) is 31.4 Å². The zero-order valence-electron chi connectivity index (χ0n) is 14.7. The van der Waals surface area contributed by atoms with Gasteiger partial charge in [-0.1, -0.05) is 12.1 Å². The Morgan fingerprint density at radius 1 is 1.08 bits per heavy atom. The second-order valence-corrected chi connectivity index (χ2v) is 6.99. The van der Waals surface area contributed by atoms with Crippen molar-refractivity contribution >= 4 is 16.8 Å². The van der Waals surface area contributed by atoms with E-state index in [1.807, 2.05) is 30.5 Å². The maximum absolute atomic E-state index is 5.86. The molecule has 2 aromatic heterocycles. The lowest BCUT2D eigenvalue weighted by atomic mass is 10.1. The molecule has 1 aromatic carbocycles. The molecule has 3 aromatic rings. The van der Waals surface area contributed by atoms with Crippen LogP contribution in [0, 0.1) is 0 Å². The smallest absolute Gasteiger partial charge is 0.209 e. The molecule has 5 rings (SSSR count). The van der Waals surface area contributed by atoms with Crippen molar-refractivity contribution in [2.45, 2.75) is 38.8 Å². The molecule has 0 bridgehead atoms. The SMILES string of the molecule is c1ccc2oc(CN3CCc4nc(C5=NCCCC5)ncc4C3)nc2c1. The van der Waals surface area contributed by atoms with Crippen molar-refractivity contribution in [2.75, 3.05) is 13.1 Å². The summed E-state index contributed by atoms with van der Waals surface area (Å²) in [6.07, 6.45) is 6.28. The number of nitrogens with zero attached hydrogens (tertiary/aromatic N) is 5. The average Bonchev–Trinajstić information content (AvgIpc) is 3.10. The van der Waals surface area contributed by atoms with E-state index in [2.05, 4.69) is 19.9 Å². The Kier molecular flexibility index (Phi) is 3.97. The van der Waals surface area contributed by atoms with Crippen LogP contribution in [0.4, 0.5) is 0 Å². The van der Waals surface area contributed by atoms with Crippen LogP contribution in [-0.4, -0.2) is 38.7 Å². The highest BCUT2D eigenvalue weighted by atomic mass is 16.3. The molecule has 6 heteroatoms. The van der Waals surface area contributed by atoms with E-state index >= 15 is 0 Å². The number of rotatable bonds is 3. The lowest BCUT2D eigenvalue weighted by molar-refractivity contribution is 0.221. The van der Waals surface area contributed by atoms with Gasteiger partial charge in [0.1, 0.15) is 5.52 Å². The third kappa shape index (κ3) is 3.01. The summed E-state index contributed by atoms with van der Waals surface area (Å²) >= 11 is 0. The average molecular weight is 347 g/mol. The monoisotopic (exact) mass is 347 g/mol. The van der Waals surface area contributed by atoms with Crippen molar-refractivity contribution in [1.82, 2.24) is 19.9 Å². The minimum Gasteiger partial charge on any atom is -0.439 e. The van der Waals surface area contributed by atoms with Gasteiger partial charge in [0.25, 0.3) is 0 Å². The minimum absolute atomic E-state index is 0.711. The summed E-state index contributed by atoms with van der Waals surface area (Å²) in [5, 5.41) is 0. The Hall–Kier alpha value is -2.60. The van der Waals surface area contributed by atoms with Gasteiger partial charge in [-0.25, -0.2) is 15.0 Å². The largest absolute Gasteiger partial charge is 0.439 e. The van der Waals surface area contributed by atoms with Crippen LogP contribution in [0.5, 0.6) is 0 Å². The van der Waals surface area contributed by atoms with Crippen LogP contribution in [-0.2, 0) is 19.5 Å². The van der Waals surface area contributed by atoms with E-state index in [0.29, 0.717) is 6.54 Å². The van der Waals surface area contributed by atoms with Crippen LogP contribution >= 0.6 is 0 Å². The third-order valence-corrected chi connectivity index (χ3v) is 5.09. The van der Waals surface area contributed by atoms with Crippen molar-refractivity contribution in [1.29, 1.82) is 0 Å². The molecule has 0 amide bonds. The van der Waals surface area contributed by atoms with E-state index in [-0.39, 0.29) is 0 Å². The highest BCUT2D eigenvalue weighted by molar-refractivity contribution is 5.97. The zero-order chi connectivity index (χ0) is 17.3. The number of aliphatic imine (C=N–C) groups is 1. The first-order valence-electron chi connectivity index (χ1n) is 9.30. The normalized spacial score (nSPS) is 17.9. The topological polar surface area (TPSA) is 67.4 Å². The fraction of sp³-hybridized carbons (Fsp3) is 0.400. The Bertz CT molecular complexity index is 944. The molecule has 4 heterocycles. The number of benzene rings is 1. The van der Waals surface area contributed by atoms with Crippen molar-refractivity contribution in [3.8, 4) is 0 Å². The lowest BCUT2D eigenvalue weighted by Crippen LogP contribution is -2.31. The molecule has 2 aliphatic rings. The van der Waals surface area contributed by atoms with Gasteiger partial charge in [0.2, 0.25) is 5.89 Å². The quantitative estimate of drug-likeness (QED) is 0.728. The van der Waals surface area contributed by atoms with E-state index in [9.17, 15) is 0 Å². The molecule has 26 heavy (non-hydrogen) atoms. The number of para-hydroxylation sites is 2. The van der Waals surface area contributed by atoms with Crippen LogP contribution in [0.15, 0.2) is 39.9 Å². The fourth-order valence-electron chi connectivity index (χ4n) is 3.71. The minimum atomic E-state index is 0.711. The summed E-state index contributed by atoms with van der Waals surface area (Å²) in [4.78, 5) is 20.9. The van der Waals surface area contributed by atoms with Crippen molar-refractivity contribution < 1.29 is 4.42 Å². The molecule has 0 saturated heterocycles. The van der Waals surface area contributed by atoms with Crippen molar-refractivity contribution in [3.05, 3.63) is 53.4 Å². The zero-order valence-corrected chi connectivity index (χ0v) is 14.7. The Labute approximate surface area is 152 Å². The summed E-state index contributed by atoms with van der Waals surface area (Å²) in [6.45, 7) is 3.41. The van der Waals surface area contributed by atoms with Gasteiger partial charge in [-0.15, -0.1) is 0 Å². The molecular weight excluding hydrogens is 326 g/mol. The van der Waals surface area contributed by atoms with Gasteiger partial charge in [0.15, 0.2) is 11.4 Å². The van der Waals surface area contributed by atoms with Crippen LogP contribution in [0.1, 0.15) is 42.2 Å². The van der Waals surface area contributed by atoms with E-state index in [1.54, 1.807) is 0 Å². The summed E-state index contributed by atoms with van der Waals surface area (Å²) in [5.41, 5.74) is 5.21. The van der Waals surface area contributed by atoms with Gasteiger partial charge in [0, 0.05) is 37.8 Å². The molecule has 0 atom stereocenters. The molecule has 0 aliphatic carbocycles. The lowest BCUT2D eigenvalue weighted by Gasteiger charge is -2.27. The highest BCUT2D eigenvalue weighted by Gasteiger charge is 2.21. The van der Waals surface area contributed by atoms with Crippen LogP contribution in [0.25, 0.3) is 11.1 Å². The van der Waals surface area contributed by atoms with Gasteiger partial charge in [0.05, 0.1) is 18.0 Å². The number of hydrogen-bond acceptors (Lipinski definition) is 6. The molecule has 0 radical (unpaired) electrons. The number of aromatic nitrogens is 3. The molecular formula is C20H21N5O. The van der Waals surface area contributed by atoms with Crippen molar-refractivity contribution in [2.24, 2.45) is 4.99 Å². The van der Waals surface area contributed by atoms with Gasteiger partial charge in [-0.3, -0.25) is 9.89 Å². The van der Waals surface area contributed by atoms with E-state index in [4.69, 9.17) is 9.40 Å². The number of hydrogen-bond donors (Lipinski definition) is 0. The third-order valence-electron chi connectivity index (χ3n) is 5.09. The Morgan fingerprint density at radius 2 is 2.04 bits per heavy atom. The number of oxazole rings is 1. The summed E-state index contributed by atoms with van der Waals surface area (Å²) in [7, 11) is 0. The summed E-state index contributed by atoms with van der Waals surface area (Å²) in [5.74, 6) is 1.60. The maximum atomic E-state index is 5.86. The Morgan fingerprint density at radius 3 is 2.92 bits per heavy atom. The molecule has 0 unspecified atom stereocenters. The first-order chi connectivity index (χ1) is 12.8. The molecule has 0 fully saturated rings. The van der Waals surface area contributed by atoms with Crippen LogP contribution in [0.2, 0.25) is 0 Å². The van der Waals surface area contributed by atoms with Gasteiger partial charge < -0.3 is 4.42 Å².